The first-order valence-electron chi connectivity index (χ1n) is 8.57. The highest BCUT2D eigenvalue weighted by Gasteiger charge is 2.17. The average Bonchev–Trinajstić information content (AvgIpc) is 2.60. The number of nitrogens with zero attached hydrogens (tertiary/aromatic N) is 1. The van der Waals surface area contributed by atoms with Crippen molar-refractivity contribution in [3.8, 4) is 0 Å². The summed E-state index contributed by atoms with van der Waals surface area (Å²) in [5.41, 5.74) is 0. The third-order valence-electron chi connectivity index (χ3n) is 4.79. The molecule has 0 saturated heterocycles. The molecule has 0 aromatic rings. The Morgan fingerprint density at radius 3 is 2.63 bits per heavy atom. The Kier molecular flexibility index (Phi) is 8.72. The minimum Gasteiger partial charge on any atom is -0.314 e. The zero-order valence-electron chi connectivity index (χ0n) is 13.8. The fraction of sp³-hybridized carbons (Fsp3) is 1.00. The van der Waals surface area contributed by atoms with Gasteiger partial charge in [0, 0.05) is 12.1 Å². The molecule has 1 aliphatic rings. The first kappa shape index (κ1) is 17.0. The van der Waals surface area contributed by atoms with Crippen molar-refractivity contribution in [1.29, 1.82) is 0 Å². The lowest BCUT2D eigenvalue weighted by molar-refractivity contribution is 0.266. The van der Waals surface area contributed by atoms with Gasteiger partial charge >= 0.3 is 0 Å². The highest BCUT2D eigenvalue weighted by atomic mass is 15.1. The molecule has 1 aliphatic carbocycles. The highest BCUT2D eigenvalue weighted by molar-refractivity contribution is 4.75. The molecule has 1 saturated carbocycles. The summed E-state index contributed by atoms with van der Waals surface area (Å²) in [6.07, 6.45) is 11.3. The Bertz CT molecular complexity index is 215. The molecule has 1 rings (SSSR count). The Hall–Kier alpha value is -0.0800. The third-order valence-corrected chi connectivity index (χ3v) is 4.79. The first-order valence-corrected chi connectivity index (χ1v) is 8.57. The van der Waals surface area contributed by atoms with E-state index >= 15 is 0 Å². The van der Waals surface area contributed by atoms with Gasteiger partial charge in [0.1, 0.15) is 0 Å². The van der Waals surface area contributed by atoms with Crippen LogP contribution in [-0.4, -0.2) is 37.1 Å². The zero-order valence-corrected chi connectivity index (χ0v) is 13.8. The topological polar surface area (TPSA) is 15.3 Å². The van der Waals surface area contributed by atoms with Gasteiger partial charge in [-0.05, 0) is 65.6 Å². The summed E-state index contributed by atoms with van der Waals surface area (Å²) in [7, 11) is 2.23. The second kappa shape index (κ2) is 9.77. The SMILES string of the molecule is CCCC1CCCC(NCCCN(C)C(C)C)CC1. The van der Waals surface area contributed by atoms with Crippen LogP contribution in [0.25, 0.3) is 0 Å². The first-order chi connectivity index (χ1) is 9.13. The Balaban J connectivity index is 2.09. The van der Waals surface area contributed by atoms with Crippen LogP contribution in [-0.2, 0) is 0 Å². The average molecular weight is 268 g/mol. The van der Waals surface area contributed by atoms with Crippen LogP contribution in [0.2, 0.25) is 0 Å². The summed E-state index contributed by atoms with van der Waals surface area (Å²) in [6, 6.07) is 1.47. The van der Waals surface area contributed by atoms with E-state index in [4.69, 9.17) is 0 Å². The van der Waals surface area contributed by atoms with Crippen LogP contribution in [0.1, 0.15) is 72.1 Å². The monoisotopic (exact) mass is 268 g/mol. The second-order valence-corrected chi connectivity index (χ2v) is 6.74. The van der Waals surface area contributed by atoms with Gasteiger partial charge in [-0.2, -0.15) is 0 Å². The molecule has 0 aromatic heterocycles. The lowest BCUT2D eigenvalue weighted by atomic mass is 9.95. The predicted molar refractivity (Wildman–Crippen MR) is 85.7 cm³/mol. The summed E-state index contributed by atoms with van der Waals surface area (Å²) in [6.45, 7) is 9.28. The van der Waals surface area contributed by atoms with Crippen LogP contribution in [0, 0.1) is 5.92 Å². The zero-order chi connectivity index (χ0) is 14.1. The van der Waals surface area contributed by atoms with Gasteiger partial charge in [-0.3, -0.25) is 0 Å². The molecule has 0 heterocycles. The van der Waals surface area contributed by atoms with Gasteiger partial charge in [0.05, 0.1) is 0 Å². The van der Waals surface area contributed by atoms with Gasteiger partial charge in [-0.25, -0.2) is 0 Å². The normalized spacial score (nSPS) is 24.9. The van der Waals surface area contributed by atoms with Gasteiger partial charge in [-0.15, -0.1) is 0 Å². The lowest BCUT2D eigenvalue weighted by Gasteiger charge is -2.22. The van der Waals surface area contributed by atoms with Gasteiger partial charge in [0.25, 0.3) is 0 Å². The van der Waals surface area contributed by atoms with Crippen LogP contribution < -0.4 is 5.32 Å². The van der Waals surface area contributed by atoms with Crippen molar-refractivity contribution in [2.45, 2.75) is 84.2 Å². The fourth-order valence-corrected chi connectivity index (χ4v) is 3.17. The van der Waals surface area contributed by atoms with Crippen molar-refractivity contribution in [3.63, 3.8) is 0 Å². The van der Waals surface area contributed by atoms with E-state index < -0.39 is 0 Å². The maximum Gasteiger partial charge on any atom is 0.00671 e. The molecular weight excluding hydrogens is 232 g/mol. The molecule has 2 atom stereocenters. The van der Waals surface area contributed by atoms with E-state index in [1.807, 2.05) is 0 Å². The van der Waals surface area contributed by atoms with Crippen LogP contribution in [0.3, 0.4) is 0 Å². The Labute approximate surface area is 121 Å². The molecule has 2 unspecified atom stereocenters. The summed E-state index contributed by atoms with van der Waals surface area (Å²) in [5, 5.41) is 3.79. The van der Waals surface area contributed by atoms with E-state index in [1.165, 1.54) is 64.5 Å². The highest BCUT2D eigenvalue weighted by Crippen LogP contribution is 2.26. The maximum atomic E-state index is 3.79. The molecule has 0 aliphatic heterocycles. The van der Waals surface area contributed by atoms with Crippen molar-refractivity contribution in [2.75, 3.05) is 20.1 Å². The molecule has 1 N–H and O–H groups in total. The van der Waals surface area contributed by atoms with Gasteiger partial charge < -0.3 is 10.2 Å². The van der Waals surface area contributed by atoms with Gasteiger partial charge in [0.15, 0.2) is 0 Å². The minimum atomic E-state index is 0.674. The van der Waals surface area contributed by atoms with Crippen molar-refractivity contribution in [3.05, 3.63) is 0 Å². The molecule has 114 valence electrons. The van der Waals surface area contributed by atoms with Crippen LogP contribution in [0.4, 0.5) is 0 Å². The minimum absolute atomic E-state index is 0.674. The molecule has 0 aromatic carbocycles. The summed E-state index contributed by atoms with van der Waals surface area (Å²) < 4.78 is 0. The largest absolute Gasteiger partial charge is 0.314 e. The standard InChI is InChI=1S/C17H36N2/c1-5-8-16-9-6-10-17(12-11-16)18-13-7-14-19(4)15(2)3/h15-18H,5-14H2,1-4H3. The van der Waals surface area contributed by atoms with E-state index in [0.717, 1.165) is 12.0 Å². The summed E-state index contributed by atoms with van der Waals surface area (Å²) in [4.78, 5) is 2.44. The molecule has 2 heteroatoms. The van der Waals surface area contributed by atoms with Crippen molar-refractivity contribution in [1.82, 2.24) is 10.2 Å². The van der Waals surface area contributed by atoms with Crippen molar-refractivity contribution >= 4 is 0 Å². The van der Waals surface area contributed by atoms with E-state index in [-0.39, 0.29) is 0 Å². The van der Waals surface area contributed by atoms with Crippen LogP contribution in [0.5, 0.6) is 0 Å². The van der Waals surface area contributed by atoms with E-state index in [9.17, 15) is 0 Å². The van der Waals surface area contributed by atoms with Crippen molar-refractivity contribution in [2.24, 2.45) is 5.92 Å². The van der Waals surface area contributed by atoms with E-state index in [0.29, 0.717) is 6.04 Å². The number of hydrogen-bond acceptors (Lipinski definition) is 2. The quantitative estimate of drug-likeness (QED) is 0.527. The molecule has 0 spiro atoms. The Morgan fingerprint density at radius 2 is 1.95 bits per heavy atom. The smallest absolute Gasteiger partial charge is 0.00671 e. The van der Waals surface area contributed by atoms with Crippen LogP contribution >= 0.6 is 0 Å². The van der Waals surface area contributed by atoms with Gasteiger partial charge in [-0.1, -0.05) is 32.6 Å². The molecule has 0 bridgehead atoms. The van der Waals surface area contributed by atoms with E-state index in [1.54, 1.807) is 0 Å². The predicted octanol–water partition coefficient (Wildman–Crippen LogP) is 4.06. The summed E-state index contributed by atoms with van der Waals surface area (Å²) in [5.74, 6) is 1.02. The summed E-state index contributed by atoms with van der Waals surface area (Å²) >= 11 is 0. The number of hydrogen-bond donors (Lipinski definition) is 1. The molecule has 2 nitrogen and oxygen atoms in total. The number of nitrogens with one attached hydrogen (secondary N) is 1. The molecule has 0 radical (unpaired) electrons. The number of rotatable bonds is 8. The second-order valence-electron chi connectivity index (χ2n) is 6.74. The molecule has 0 amide bonds. The molecule has 19 heavy (non-hydrogen) atoms. The Morgan fingerprint density at radius 1 is 1.16 bits per heavy atom. The van der Waals surface area contributed by atoms with Gasteiger partial charge in [0.2, 0.25) is 0 Å². The third kappa shape index (κ3) is 7.31. The molecular formula is C17H36N2. The fourth-order valence-electron chi connectivity index (χ4n) is 3.17. The maximum absolute atomic E-state index is 3.79. The van der Waals surface area contributed by atoms with Crippen LogP contribution in [0.15, 0.2) is 0 Å². The lowest BCUT2D eigenvalue weighted by Crippen LogP contribution is -2.33. The van der Waals surface area contributed by atoms with E-state index in [2.05, 4.69) is 38.0 Å². The van der Waals surface area contributed by atoms with Crippen molar-refractivity contribution < 1.29 is 0 Å². The molecule has 1 fully saturated rings.